The van der Waals surface area contributed by atoms with Gasteiger partial charge in [-0.3, -0.25) is 9.52 Å². The van der Waals surface area contributed by atoms with Gasteiger partial charge in [-0.1, -0.05) is 23.7 Å². The molecule has 3 heterocycles. The second kappa shape index (κ2) is 10.7. The van der Waals surface area contributed by atoms with E-state index in [0.717, 1.165) is 17.7 Å². The summed E-state index contributed by atoms with van der Waals surface area (Å²) in [4.78, 5) is 19.9. The molecule has 40 heavy (non-hydrogen) atoms. The molecule has 2 aromatic carbocycles. The number of aromatic nitrogens is 4. The Kier molecular flexibility index (Phi) is 7.19. The zero-order chi connectivity index (χ0) is 28.4. The number of fused-ring (bicyclic) bond motifs is 1. The zero-order valence-electron chi connectivity index (χ0n) is 20.6. The summed E-state index contributed by atoms with van der Waals surface area (Å²) in [5, 5.41) is 13.8. The van der Waals surface area contributed by atoms with Crippen LogP contribution in [0.15, 0.2) is 70.2 Å². The Morgan fingerprint density at radius 3 is 2.62 bits per heavy atom. The van der Waals surface area contributed by atoms with Gasteiger partial charge in [0.1, 0.15) is 11.6 Å². The topological polar surface area (TPSA) is 201 Å². The molecule has 6 N–H and O–H groups in total. The molecule has 206 valence electrons. The van der Waals surface area contributed by atoms with Gasteiger partial charge in [0.25, 0.3) is 21.7 Å². The molecule has 0 unspecified atom stereocenters. The summed E-state index contributed by atoms with van der Waals surface area (Å²) in [6, 6.07) is 13.7. The van der Waals surface area contributed by atoms with E-state index >= 15 is 0 Å². The number of primary amides is 1. The minimum atomic E-state index is -4.11. The predicted molar refractivity (Wildman–Crippen MR) is 146 cm³/mol. The first-order chi connectivity index (χ1) is 19.1. The Bertz CT molecular complexity index is 1810. The van der Waals surface area contributed by atoms with E-state index in [1.54, 1.807) is 42.5 Å². The first-order valence-electron chi connectivity index (χ1n) is 11.7. The maximum absolute atomic E-state index is 12.8. The van der Waals surface area contributed by atoms with Crippen LogP contribution in [0.25, 0.3) is 17.4 Å². The summed E-state index contributed by atoms with van der Waals surface area (Å²) in [5.41, 5.74) is 12.1. The molecule has 0 aliphatic carbocycles. The van der Waals surface area contributed by atoms with Crippen LogP contribution in [-0.2, 0) is 16.4 Å². The van der Waals surface area contributed by atoms with Crippen LogP contribution in [0.3, 0.4) is 0 Å². The van der Waals surface area contributed by atoms with Crippen LogP contribution in [-0.4, -0.2) is 45.6 Å². The first kappa shape index (κ1) is 26.8. The molecule has 15 heteroatoms. The van der Waals surface area contributed by atoms with Crippen LogP contribution in [0, 0.1) is 0 Å². The average molecular weight is 584 g/mol. The molecule has 1 amide bonds. The number of aromatic hydroxyl groups is 1. The van der Waals surface area contributed by atoms with Gasteiger partial charge in [-0.05, 0) is 54.8 Å². The molecule has 0 spiro atoms. The molecule has 0 radical (unpaired) electrons. The molecule has 5 rings (SSSR count). The Morgan fingerprint density at radius 1 is 1.15 bits per heavy atom. The highest BCUT2D eigenvalue weighted by Crippen LogP contribution is 2.31. The Balaban J connectivity index is 1.17. The maximum atomic E-state index is 12.8. The summed E-state index contributed by atoms with van der Waals surface area (Å²) in [6.07, 6.45) is 2.81. The number of ether oxygens (including phenoxy) is 1. The molecule has 0 saturated heterocycles. The number of anilines is 2. The third-order valence-electron chi connectivity index (χ3n) is 5.74. The lowest BCUT2D eigenvalue weighted by atomic mass is 10.1. The van der Waals surface area contributed by atoms with Crippen molar-refractivity contribution in [2.75, 3.05) is 17.1 Å². The molecule has 0 aliphatic rings. The summed E-state index contributed by atoms with van der Waals surface area (Å²) < 4.78 is 40.4. The molecule has 3 aromatic heterocycles. The number of rotatable bonds is 10. The van der Waals surface area contributed by atoms with Crippen LogP contribution in [0.1, 0.15) is 22.3 Å². The van der Waals surface area contributed by atoms with Crippen molar-refractivity contribution in [3.05, 3.63) is 77.0 Å². The fourth-order valence-electron chi connectivity index (χ4n) is 3.78. The van der Waals surface area contributed by atoms with Crippen molar-refractivity contribution in [3.8, 4) is 23.2 Å². The number of nitrogen functional groups attached to an aromatic ring is 1. The van der Waals surface area contributed by atoms with Gasteiger partial charge in [-0.2, -0.15) is 14.5 Å². The minimum Gasteiger partial charge on any atom is -0.506 e. The van der Waals surface area contributed by atoms with E-state index in [-0.39, 0.29) is 15.7 Å². The van der Waals surface area contributed by atoms with Crippen molar-refractivity contribution in [3.63, 3.8) is 0 Å². The Morgan fingerprint density at radius 2 is 1.93 bits per heavy atom. The van der Waals surface area contributed by atoms with Crippen molar-refractivity contribution in [2.45, 2.75) is 17.7 Å². The lowest BCUT2D eigenvalue weighted by molar-refractivity contribution is 0.0997. The molecule has 5 aromatic rings. The molecular formula is C25H22ClN7O6S. The van der Waals surface area contributed by atoms with Crippen LogP contribution in [0.2, 0.25) is 5.02 Å². The molecule has 0 saturated carbocycles. The fraction of sp³-hybridized carbons (Fsp3) is 0.120. The number of carbonyl (C=O) groups is 1. The number of hydrogen-bond donors (Lipinski definition) is 4. The number of halogens is 1. The molecule has 0 atom stereocenters. The summed E-state index contributed by atoms with van der Waals surface area (Å²) >= 11 is 5.87. The van der Waals surface area contributed by atoms with E-state index in [9.17, 15) is 18.3 Å². The second-order valence-corrected chi connectivity index (χ2v) is 10.7. The Hall–Kier alpha value is -4.82. The highest BCUT2D eigenvalue weighted by atomic mass is 35.5. The number of phenols is 1. The molecule has 0 bridgehead atoms. The van der Waals surface area contributed by atoms with Crippen molar-refractivity contribution >= 4 is 44.8 Å². The normalized spacial score (nSPS) is 11.5. The van der Waals surface area contributed by atoms with Crippen LogP contribution in [0.5, 0.6) is 11.6 Å². The van der Waals surface area contributed by atoms with Crippen molar-refractivity contribution in [1.82, 2.24) is 19.6 Å². The fourth-order valence-corrected chi connectivity index (χ4v) is 5.17. The van der Waals surface area contributed by atoms with Gasteiger partial charge in [-0.25, -0.2) is 8.42 Å². The molecular weight excluding hydrogens is 562 g/mol. The number of carbonyl (C=O) groups excluding carboxylic acids is 1. The van der Waals surface area contributed by atoms with Crippen LogP contribution >= 0.6 is 11.6 Å². The number of sulfonamides is 1. The smallest absolute Gasteiger partial charge is 0.261 e. The van der Waals surface area contributed by atoms with E-state index < -0.39 is 27.2 Å². The predicted octanol–water partition coefficient (Wildman–Crippen LogP) is 3.24. The van der Waals surface area contributed by atoms with Crippen LogP contribution < -0.4 is 20.9 Å². The van der Waals surface area contributed by atoms with Gasteiger partial charge in [-0.15, -0.1) is 5.10 Å². The van der Waals surface area contributed by atoms with Gasteiger partial charge in [0.05, 0.1) is 28.4 Å². The maximum Gasteiger partial charge on any atom is 0.261 e. The van der Waals surface area contributed by atoms with Crippen molar-refractivity contribution in [2.24, 2.45) is 5.73 Å². The van der Waals surface area contributed by atoms with Gasteiger partial charge in [0.15, 0.2) is 5.76 Å². The van der Waals surface area contributed by atoms with Gasteiger partial charge >= 0.3 is 0 Å². The SMILES string of the molecule is NC(=O)c1cc(S(=O)(=O)Nc2ccc(CCCOc3cc(N)n4nc(-c5ccco5)nc4n3)cc2)cc(Cl)c1O. The van der Waals surface area contributed by atoms with E-state index in [4.69, 9.17) is 32.2 Å². The largest absolute Gasteiger partial charge is 0.506 e. The monoisotopic (exact) mass is 583 g/mol. The number of furan rings is 1. The lowest BCUT2D eigenvalue weighted by Gasteiger charge is -2.11. The van der Waals surface area contributed by atoms with E-state index in [1.165, 1.54) is 10.8 Å². The molecule has 0 fully saturated rings. The number of aryl methyl sites for hydroxylation is 1. The number of benzene rings is 2. The van der Waals surface area contributed by atoms with Gasteiger partial charge in [0, 0.05) is 11.8 Å². The molecule has 0 aliphatic heterocycles. The highest BCUT2D eigenvalue weighted by Gasteiger charge is 2.21. The number of nitrogens with zero attached hydrogens (tertiary/aromatic N) is 4. The second-order valence-electron chi connectivity index (χ2n) is 8.56. The number of amides is 1. The third kappa shape index (κ3) is 5.62. The number of hydrogen-bond acceptors (Lipinski definition) is 10. The Labute approximate surface area is 232 Å². The van der Waals surface area contributed by atoms with E-state index in [2.05, 4.69) is 19.8 Å². The highest BCUT2D eigenvalue weighted by molar-refractivity contribution is 7.92. The lowest BCUT2D eigenvalue weighted by Crippen LogP contribution is -2.16. The summed E-state index contributed by atoms with van der Waals surface area (Å²) in [5.74, 6) is 0.148. The third-order valence-corrected chi connectivity index (χ3v) is 7.39. The van der Waals surface area contributed by atoms with Crippen LogP contribution in [0.4, 0.5) is 11.5 Å². The number of nitrogens with one attached hydrogen (secondary N) is 1. The first-order valence-corrected chi connectivity index (χ1v) is 13.6. The van der Waals surface area contributed by atoms with Gasteiger partial charge < -0.3 is 25.7 Å². The van der Waals surface area contributed by atoms with E-state index in [1.807, 2.05) is 0 Å². The summed E-state index contributed by atoms with van der Waals surface area (Å²) in [6.45, 7) is 0.347. The zero-order valence-corrected chi connectivity index (χ0v) is 22.2. The summed E-state index contributed by atoms with van der Waals surface area (Å²) in [7, 11) is -4.11. The minimum absolute atomic E-state index is 0.278. The average Bonchev–Trinajstić information content (AvgIpc) is 3.59. The number of nitrogens with two attached hydrogens (primary N) is 2. The molecule has 13 nitrogen and oxygen atoms in total. The van der Waals surface area contributed by atoms with Crippen molar-refractivity contribution < 1.29 is 27.5 Å². The van der Waals surface area contributed by atoms with E-state index in [0.29, 0.717) is 48.4 Å². The van der Waals surface area contributed by atoms with Gasteiger partial charge in [0.2, 0.25) is 11.7 Å². The quantitative estimate of drug-likeness (QED) is 0.177. The van der Waals surface area contributed by atoms with Crippen molar-refractivity contribution in [1.29, 1.82) is 0 Å². The standard InChI is InChI=1S/C25H22ClN7O6S/c26-18-12-16(11-17(22(18)34)23(28)35)40(36,37)32-15-7-5-14(6-8-15)3-1-10-39-21-13-20(27)33-25(29-21)30-24(31-33)19-4-2-9-38-19/h2,4-9,11-13,32,34H,1,3,10,27H2,(H2,28,35).